The minimum Gasteiger partial charge on any atom is -0.462 e. The van der Waals surface area contributed by atoms with Gasteiger partial charge in [-0.05, 0) is 134 Å². The third kappa shape index (κ3) is 6.63. The summed E-state index contributed by atoms with van der Waals surface area (Å²) in [6.07, 6.45) is 11.3. The quantitative estimate of drug-likeness (QED) is 0.207. The van der Waals surface area contributed by atoms with E-state index in [2.05, 4.69) is 45.0 Å². The van der Waals surface area contributed by atoms with E-state index in [1.165, 1.54) is 35.8 Å². The van der Waals surface area contributed by atoms with Gasteiger partial charge in [0.1, 0.15) is 11.9 Å². The number of carbonyl (C=O) groups excluding carboxylic acids is 2. The maximum absolute atomic E-state index is 11.9. The summed E-state index contributed by atoms with van der Waals surface area (Å²) in [5, 5.41) is 2.76. The molecule has 4 aliphatic carbocycles. The molecule has 0 radical (unpaired) electrons. The van der Waals surface area contributed by atoms with Gasteiger partial charge in [0, 0.05) is 31.0 Å². The second-order valence-corrected chi connectivity index (χ2v) is 15.0. The number of thiocarbonyl (C=S) groups is 1. The summed E-state index contributed by atoms with van der Waals surface area (Å²) in [6.45, 7) is 8.75. The number of nitrogens with zero attached hydrogens (tertiary/aromatic N) is 1. The van der Waals surface area contributed by atoms with Crippen LogP contribution in [-0.4, -0.2) is 30.1 Å². The Balaban J connectivity index is 0.000000166. The predicted octanol–water partition coefficient (Wildman–Crippen LogP) is 9.79. The highest BCUT2D eigenvalue weighted by Gasteiger charge is 2.59. The lowest BCUT2D eigenvalue weighted by atomic mass is 9.47. The lowest BCUT2D eigenvalue weighted by Gasteiger charge is -2.57. The molecule has 7 rings (SSSR count). The van der Waals surface area contributed by atoms with Crippen LogP contribution in [0.25, 0.3) is 10.8 Å². The highest BCUT2D eigenvalue weighted by atomic mass is 32.1. The fourth-order valence-electron chi connectivity index (χ4n) is 9.29. The van der Waals surface area contributed by atoms with E-state index in [0.29, 0.717) is 29.2 Å². The van der Waals surface area contributed by atoms with Gasteiger partial charge in [-0.15, -0.1) is 0 Å². The van der Waals surface area contributed by atoms with E-state index in [-0.39, 0.29) is 22.9 Å². The van der Waals surface area contributed by atoms with E-state index in [4.69, 9.17) is 21.7 Å². The molecule has 3 fully saturated rings. The van der Waals surface area contributed by atoms with Crippen molar-refractivity contribution in [3.05, 3.63) is 83.9 Å². The molecule has 6 unspecified atom stereocenters. The van der Waals surface area contributed by atoms with Crippen LogP contribution in [0.15, 0.2) is 78.4 Å². The lowest BCUT2D eigenvalue weighted by Crippen LogP contribution is -2.51. The highest BCUT2D eigenvalue weighted by Crippen LogP contribution is 2.65. The van der Waals surface area contributed by atoms with Crippen molar-refractivity contribution >= 4 is 45.6 Å². The van der Waals surface area contributed by atoms with Crippen molar-refractivity contribution < 1.29 is 19.1 Å². The maximum atomic E-state index is 11.9. The van der Waals surface area contributed by atoms with Crippen LogP contribution < -0.4 is 9.64 Å². The molecule has 0 aliphatic heterocycles. The molecular weight excluding hydrogens is 603 g/mol. The second kappa shape index (κ2) is 13.5. The Bertz CT molecular complexity index is 1700. The fraction of sp³-hybridized carbons (Fsp3) is 0.488. The van der Waals surface area contributed by atoms with Gasteiger partial charge >= 0.3 is 5.97 Å². The summed E-state index contributed by atoms with van der Waals surface area (Å²) in [4.78, 5) is 25.7. The Morgan fingerprint density at radius 2 is 1.70 bits per heavy atom. The van der Waals surface area contributed by atoms with Crippen LogP contribution in [0.5, 0.6) is 5.75 Å². The maximum Gasteiger partial charge on any atom is 0.305 e. The third-order valence-corrected chi connectivity index (χ3v) is 12.4. The van der Waals surface area contributed by atoms with Crippen LogP contribution in [0.1, 0.15) is 84.1 Å². The molecule has 6 heteroatoms. The molecule has 47 heavy (non-hydrogen) atoms. The summed E-state index contributed by atoms with van der Waals surface area (Å²) in [5.41, 5.74) is 4.04. The summed E-state index contributed by atoms with van der Waals surface area (Å²) in [6, 6.07) is 22.3. The third-order valence-electron chi connectivity index (χ3n) is 12.0. The number of esters is 1. The van der Waals surface area contributed by atoms with Crippen LogP contribution in [-0.2, 0) is 14.3 Å². The Labute approximate surface area is 285 Å². The molecule has 0 bridgehead atoms. The van der Waals surface area contributed by atoms with Crippen molar-refractivity contribution in [3.63, 3.8) is 0 Å². The standard InChI is InChI=1S/C22H32O3.C19H17NOS/c1-4-20(24)25-19-8-7-17-16-6-5-14-13-15(23)9-11-21(14,2)18(16)10-12-22(17,19)3;1-14-6-5-9-17(12-14)20(2)19(22)21-18-11-10-15-7-3-4-8-16(15)13-18/h13,16-19H,4-12H2,1-3H3;3-13H,1-2H3. The summed E-state index contributed by atoms with van der Waals surface area (Å²) >= 11 is 5.41. The largest absolute Gasteiger partial charge is 0.462 e. The Hall–Kier alpha value is -3.51. The molecule has 0 N–H and O–H groups in total. The molecule has 0 spiro atoms. The van der Waals surface area contributed by atoms with Gasteiger partial charge in [-0.25, -0.2) is 0 Å². The van der Waals surface area contributed by atoms with Crippen LogP contribution in [0.4, 0.5) is 5.69 Å². The first kappa shape index (κ1) is 33.4. The molecule has 5 nitrogen and oxygen atoms in total. The van der Waals surface area contributed by atoms with Crippen molar-refractivity contribution in [2.24, 2.45) is 28.6 Å². The van der Waals surface area contributed by atoms with Gasteiger partial charge in [-0.3, -0.25) is 9.59 Å². The van der Waals surface area contributed by atoms with Crippen molar-refractivity contribution in [1.29, 1.82) is 0 Å². The van der Waals surface area contributed by atoms with Crippen molar-refractivity contribution in [2.75, 3.05) is 11.9 Å². The molecule has 3 saturated carbocycles. The Kier molecular flexibility index (Phi) is 9.62. The first-order valence-electron chi connectivity index (χ1n) is 17.5. The monoisotopic (exact) mass is 651 g/mol. The van der Waals surface area contributed by atoms with Gasteiger partial charge in [-0.2, -0.15) is 0 Å². The Morgan fingerprint density at radius 1 is 0.915 bits per heavy atom. The van der Waals surface area contributed by atoms with Gasteiger partial charge < -0.3 is 14.4 Å². The zero-order chi connectivity index (χ0) is 33.3. The minimum atomic E-state index is -0.0411. The van der Waals surface area contributed by atoms with Crippen molar-refractivity contribution in [2.45, 2.75) is 91.6 Å². The van der Waals surface area contributed by atoms with Crippen LogP contribution in [0, 0.1) is 35.5 Å². The first-order valence-corrected chi connectivity index (χ1v) is 17.9. The van der Waals surface area contributed by atoms with E-state index >= 15 is 0 Å². The smallest absolute Gasteiger partial charge is 0.305 e. The first-order chi connectivity index (χ1) is 22.5. The predicted molar refractivity (Wildman–Crippen MR) is 194 cm³/mol. The summed E-state index contributed by atoms with van der Waals surface area (Å²) < 4.78 is 11.7. The molecule has 0 heterocycles. The second-order valence-electron chi connectivity index (χ2n) is 14.7. The van der Waals surface area contributed by atoms with E-state index < -0.39 is 0 Å². The van der Waals surface area contributed by atoms with E-state index in [9.17, 15) is 9.59 Å². The molecule has 6 atom stereocenters. The number of hydrogen-bond acceptors (Lipinski definition) is 5. The lowest BCUT2D eigenvalue weighted by molar-refractivity contribution is -0.159. The number of carbonyl (C=O) groups is 2. The molecule has 4 aliphatic rings. The number of aryl methyl sites for hydroxylation is 1. The molecule has 0 saturated heterocycles. The molecule has 3 aromatic rings. The molecule has 0 amide bonds. The number of benzene rings is 3. The number of ether oxygens (including phenoxy) is 2. The number of rotatable bonds is 4. The number of hydrogen-bond donors (Lipinski definition) is 0. The molecular formula is C41H49NO4S. The topological polar surface area (TPSA) is 55.8 Å². The molecule has 248 valence electrons. The Morgan fingerprint density at radius 3 is 2.47 bits per heavy atom. The number of allylic oxidation sites excluding steroid dienone is 1. The van der Waals surface area contributed by atoms with Crippen molar-refractivity contribution in [1.82, 2.24) is 0 Å². The highest BCUT2D eigenvalue weighted by molar-refractivity contribution is 7.80. The van der Waals surface area contributed by atoms with Crippen LogP contribution in [0.3, 0.4) is 0 Å². The van der Waals surface area contributed by atoms with Gasteiger partial charge in [0.05, 0.1) is 0 Å². The number of anilines is 1. The van der Waals surface area contributed by atoms with Gasteiger partial charge in [0.2, 0.25) is 0 Å². The van der Waals surface area contributed by atoms with E-state index in [1.807, 2.05) is 67.4 Å². The van der Waals surface area contributed by atoms with Crippen LogP contribution >= 0.6 is 12.2 Å². The van der Waals surface area contributed by atoms with Gasteiger partial charge in [-0.1, -0.05) is 68.8 Å². The molecule has 0 aromatic heterocycles. The summed E-state index contributed by atoms with van der Waals surface area (Å²) in [7, 11) is 1.91. The minimum absolute atomic E-state index is 0.0411. The SMILES string of the molecule is CCC(=O)OC1CCC2C3CCC4=CC(=O)CCC4(C)C3CCC12C.Cc1cccc(N(C)C(=S)Oc2ccc3ccccc3c2)c1. The normalized spacial score (nSPS) is 29.3. The van der Waals surface area contributed by atoms with E-state index in [0.717, 1.165) is 54.8 Å². The van der Waals surface area contributed by atoms with Crippen LogP contribution in [0.2, 0.25) is 0 Å². The number of fused-ring (bicyclic) bond motifs is 6. The molecule has 3 aromatic carbocycles. The summed E-state index contributed by atoms with van der Waals surface area (Å²) in [5.74, 6) is 3.17. The van der Waals surface area contributed by atoms with Gasteiger partial charge in [0.25, 0.3) is 5.17 Å². The zero-order valence-corrected chi connectivity index (χ0v) is 29.4. The van der Waals surface area contributed by atoms with E-state index in [1.54, 1.807) is 0 Å². The average Bonchev–Trinajstić information content (AvgIpc) is 3.40. The number of ketones is 1. The zero-order valence-electron chi connectivity index (χ0n) is 28.6. The average molecular weight is 652 g/mol. The van der Waals surface area contributed by atoms with Gasteiger partial charge in [0.15, 0.2) is 5.78 Å². The van der Waals surface area contributed by atoms with Crippen molar-refractivity contribution in [3.8, 4) is 5.75 Å². The fourth-order valence-corrected chi connectivity index (χ4v) is 9.49.